The predicted octanol–water partition coefficient (Wildman–Crippen LogP) is 11.8. The van der Waals surface area contributed by atoms with Crippen LogP contribution in [0.4, 0.5) is 0 Å². The van der Waals surface area contributed by atoms with Crippen LogP contribution in [0.2, 0.25) is 0 Å². The second-order valence-corrected chi connectivity index (χ2v) is 16.8. The minimum absolute atomic E-state index is 0.309. The van der Waals surface area contributed by atoms with Gasteiger partial charge in [0.25, 0.3) is 0 Å². The largest absolute Gasteiger partial charge is 0.432 e. The Bertz CT molecular complexity index is 2650. The summed E-state index contributed by atoms with van der Waals surface area (Å²) in [4.78, 5) is 12.2. The van der Waals surface area contributed by atoms with Crippen molar-refractivity contribution in [3.63, 3.8) is 0 Å². The van der Waals surface area contributed by atoms with Crippen LogP contribution in [0.5, 0.6) is 11.5 Å². The molecule has 1 aliphatic heterocycles. The van der Waals surface area contributed by atoms with Crippen molar-refractivity contribution in [2.75, 3.05) is 0 Å². The third-order valence-electron chi connectivity index (χ3n) is 11.6. The van der Waals surface area contributed by atoms with Gasteiger partial charge in [-0.1, -0.05) is 121 Å². The van der Waals surface area contributed by atoms with E-state index in [1.54, 1.807) is 0 Å². The van der Waals surface area contributed by atoms with E-state index in [1.807, 2.05) is 0 Å². The van der Waals surface area contributed by atoms with Crippen molar-refractivity contribution in [3.05, 3.63) is 156 Å². The van der Waals surface area contributed by atoms with E-state index in [4.69, 9.17) is 20.9 Å². The van der Waals surface area contributed by atoms with E-state index in [0.717, 1.165) is 69.5 Å². The van der Waals surface area contributed by atoms with Gasteiger partial charge in [-0.2, -0.15) is 0 Å². The Morgan fingerprint density at radius 1 is 0.480 bits per heavy atom. The highest BCUT2D eigenvalue weighted by Crippen LogP contribution is 2.66. The Balaban J connectivity index is 1.21. The van der Waals surface area contributed by atoms with Crippen LogP contribution in [-0.2, 0) is 30.1 Å². The van der Waals surface area contributed by atoms with Gasteiger partial charge < -0.3 is 13.9 Å². The van der Waals surface area contributed by atoms with E-state index >= 15 is 0 Å². The van der Waals surface area contributed by atoms with E-state index in [0.29, 0.717) is 11.5 Å². The van der Waals surface area contributed by atoms with E-state index in [1.165, 1.54) is 43.8 Å². The highest BCUT2D eigenvalue weighted by atomic mass is 32.5. The van der Waals surface area contributed by atoms with Gasteiger partial charge in [0.05, 0.1) is 0 Å². The first-order chi connectivity index (χ1) is 24.5. The molecule has 0 saturated heterocycles. The van der Waals surface area contributed by atoms with Crippen molar-refractivity contribution in [1.82, 2.24) is 0 Å². The Labute approximate surface area is 295 Å². The van der Waals surface area contributed by atoms with E-state index in [-0.39, 0.29) is 5.41 Å². The molecule has 0 amide bonds. The molecule has 0 unspecified atom stereocenters. The first-order valence-corrected chi connectivity index (χ1v) is 19.9. The van der Waals surface area contributed by atoms with Gasteiger partial charge in [-0.15, -0.1) is 0 Å². The number of hydrogen-bond acceptors (Lipinski definition) is 3. The molecule has 3 nitrogen and oxygen atoms in total. The topological polar surface area (TPSA) is 38.7 Å². The summed E-state index contributed by atoms with van der Waals surface area (Å²) < 4.78 is 13.6. The van der Waals surface area contributed by atoms with Crippen molar-refractivity contribution in [1.29, 1.82) is 0 Å². The summed E-state index contributed by atoms with van der Waals surface area (Å²) >= 11 is 5.98. The molecule has 5 heteroatoms. The number of rotatable bonds is 2. The number of benzene rings is 8. The number of hydrogen-bond donors (Lipinski definition) is 1. The maximum atomic E-state index is 12.2. The molecule has 50 heavy (non-hydrogen) atoms. The quantitative estimate of drug-likeness (QED) is 0.145. The molecule has 0 fully saturated rings. The maximum Gasteiger partial charge on any atom is 0.432 e. The molecule has 3 aliphatic rings. The molecule has 0 aromatic heterocycles. The van der Waals surface area contributed by atoms with Gasteiger partial charge in [-0.3, -0.25) is 0 Å². The highest BCUT2D eigenvalue weighted by molar-refractivity contribution is 8.07. The Morgan fingerprint density at radius 2 is 0.880 bits per heavy atom. The minimum Gasteiger partial charge on any atom is -0.415 e. The molecular formula is C45H31O3PS. The third kappa shape index (κ3) is 3.93. The molecule has 2 aliphatic carbocycles. The van der Waals surface area contributed by atoms with Crippen LogP contribution < -0.4 is 9.05 Å². The molecule has 240 valence electrons. The van der Waals surface area contributed by atoms with Crippen molar-refractivity contribution >= 4 is 61.6 Å². The van der Waals surface area contributed by atoms with Crippen LogP contribution in [0.15, 0.2) is 133 Å². The summed E-state index contributed by atoms with van der Waals surface area (Å²) in [7, 11) is 0. The SMILES string of the molecule is OP1(=S)Oc2c(-c3cc4ccccc4c4ccccc34)ccc3c2C2(CC3)CCc3ccc(-c4cc5ccccc5c5ccccc45)c(c32)O1. The van der Waals surface area contributed by atoms with Gasteiger partial charge in [0.15, 0.2) is 0 Å². The fourth-order valence-electron chi connectivity index (χ4n) is 9.58. The molecule has 8 aromatic rings. The second-order valence-electron chi connectivity index (χ2n) is 14.1. The van der Waals surface area contributed by atoms with Gasteiger partial charge in [-0.25, -0.2) is 0 Å². The summed E-state index contributed by atoms with van der Waals surface area (Å²) in [6.45, 7) is -3.84. The summed E-state index contributed by atoms with van der Waals surface area (Å²) in [5, 5.41) is 9.42. The van der Waals surface area contributed by atoms with E-state index in [2.05, 4.69) is 133 Å². The van der Waals surface area contributed by atoms with Crippen LogP contribution in [0.25, 0.3) is 65.3 Å². The molecular weight excluding hydrogens is 652 g/mol. The van der Waals surface area contributed by atoms with Gasteiger partial charge >= 0.3 is 6.72 Å². The van der Waals surface area contributed by atoms with Crippen molar-refractivity contribution in [3.8, 4) is 33.8 Å². The molecule has 1 heterocycles. The molecule has 0 bridgehead atoms. The van der Waals surface area contributed by atoms with Crippen LogP contribution in [0.1, 0.15) is 35.1 Å². The lowest BCUT2D eigenvalue weighted by atomic mass is 9.74. The molecule has 1 N–H and O–H groups in total. The predicted molar refractivity (Wildman–Crippen MR) is 209 cm³/mol. The van der Waals surface area contributed by atoms with Crippen LogP contribution in [0, 0.1) is 0 Å². The Morgan fingerprint density at radius 3 is 1.34 bits per heavy atom. The summed E-state index contributed by atoms with van der Waals surface area (Å²) in [5.74, 6) is 1.37. The zero-order chi connectivity index (χ0) is 33.2. The summed E-state index contributed by atoms with van der Waals surface area (Å²) in [6, 6.07) is 47.7. The van der Waals surface area contributed by atoms with Crippen molar-refractivity contribution in [2.45, 2.75) is 31.1 Å². The number of fused-ring (bicyclic) bond motifs is 6. The zero-order valence-corrected chi connectivity index (χ0v) is 28.9. The normalized spacial score (nSPS) is 16.5. The summed E-state index contributed by atoms with van der Waals surface area (Å²) in [5.41, 5.74) is 8.64. The first-order valence-electron chi connectivity index (χ1n) is 17.4. The number of aryl methyl sites for hydroxylation is 2. The van der Waals surface area contributed by atoms with Gasteiger partial charge in [0.1, 0.15) is 11.5 Å². The third-order valence-corrected chi connectivity index (χ3v) is 12.9. The van der Waals surface area contributed by atoms with Gasteiger partial charge in [-0.05, 0) is 103 Å². The molecule has 0 radical (unpaired) electrons. The average molecular weight is 683 g/mol. The molecule has 0 saturated carbocycles. The van der Waals surface area contributed by atoms with Gasteiger partial charge in [0, 0.05) is 39.5 Å². The Hall–Kier alpha value is -4.99. The van der Waals surface area contributed by atoms with E-state index in [9.17, 15) is 4.89 Å². The minimum atomic E-state index is -3.84. The van der Waals surface area contributed by atoms with E-state index < -0.39 is 6.72 Å². The fraction of sp³-hybridized carbons (Fsp3) is 0.111. The van der Waals surface area contributed by atoms with Gasteiger partial charge in [0.2, 0.25) is 0 Å². The van der Waals surface area contributed by atoms with Crippen LogP contribution >= 0.6 is 6.72 Å². The molecule has 8 aromatic carbocycles. The van der Waals surface area contributed by atoms with Crippen molar-refractivity contribution < 1.29 is 13.9 Å². The smallest absolute Gasteiger partial charge is 0.415 e. The fourth-order valence-corrected chi connectivity index (χ4v) is 10.9. The molecule has 1 spiro atoms. The van der Waals surface area contributed by atoms with Crippen molar-refractivity contribution in [2.24, 2.45) is 0 Å². The highest BCUT2D eigenvalue weighted by Gasteiger charge is 2.52. The van der Waals surface area contributed by atoms with Crippen LogP contribution in [-0.4, -0.2) is 4.89 Å². The van der Waals surface area contributed by atoms with Crippen LogP contribution in [0.3, 0.4) is 0 Å². The summed E-state index contributed by atoms with van der Waals surface area (Å²) in [6.07, 6.45) is 3.78. The second kappa shape index (κ2) is 10.3. The monoisotopic (exact) mass is 682 g/mol. The molecule has 11 rings (SSSR count). The Kier molecular flexibility index (Phi) is 5.92. The zero-order valence-electron chi connectivity index (χ0n) is 27.1. The molecule has 0 atom stereocenters. The first kappa shape index (κ1) is 28.8. The maximum absolute atomic E-state index is 12.2. The lowest BCUT2D eigenvalue weighted by molar-refractivity contribution is 0.356. The standard InChI is InChI=1S/C45H31O3PS/c46-49(50)47-43-37(39-25-29-9-1-3-11-31(29)33-13-5-7-15-35(33)39)19-17-27-21-23-45(41(27)43)24-22-28-18-20-38(44(48-49)42(28)45)40-26-30-10-2-4-12-32(30)34-14-6-8-16-36(34)40/h1-20,25-26H,21-24H2,(H,46,50). The average Bonchev–Trinajstić information content (AvgIpc) is 3.71. The lowest BCUT2D eigenvalue weighted by Gasteiger charge is -2.36. The lowest BCUT2D eigenvalue weighted by Crippen LogP contribution is -2.25.